The van der Waals surface area contributed by atoms with Gasteiger partial charge >= 0.3 is 0 Å². The molecule has 2 heterocycles. The lowest BCUT2D eigenvalue weighted by Gasteiger charge is -2.15. The molecule has 0 spiro atoms. The van der Waals surface area contributed by atoms with Gasteiger partial charge in [-0.15, -0.1) is 11.8 Å². The molecule has 0 unspecified atom stereocenters. The highest BCUT2D eigenvalue weighted by Crippen LogP contribution is 2.23. The van der Waals surface area contributed by atoms with Crippen molar-refractivity contribution in [2.75, 3.05) is 5.75 Å². The van der Waals surface area contributed by atoms with Gasteiger partial charge in [0.25, 0.3) is 0 Å². The van der Waals surface area contributed by atoms with Crippen LogP contribution in [0.2, 0.25) is 0 Å². The van der Waals surface area contributed by atoms with Crippen LogP contribution in [0.15, 0.2) is 30.7 Å². The number of pyridine rings is 1. The van der Waals surface area contributed by atoms with Crippen LogP contribution < -0.4 is 5.32 Å². The van der Waals surface area contributed by atoms with E-state index in [1.54, 1.807) is 22.6 Å². The molecule has 0 atom stereocenters. The number of hydrogen-bond acceptors (Lipinski definition) is 4. The third kappa shape index (κ3) is 2.66. The molecule has 5 heteroatoms. The van der Waals surface area contributed by atoms with Gasteiger partial charge in [-0.3, -0.25) is 0 Å². The van der Waals surface area contributed by atoms with E-state index in [0.717, 1.165) is 38.8 Å². The number of thioether (sulfide) groups is 1. The van der Waals surface area contributed by atoms with Crippen LogP contribution in [0.25, 0.3) is 11.3 Å². The maximum Gasteiger partial charge on any atom is 0.158 e. The predicted molar refractivity (Wildman–Crippen MR) is 81.9 cm³/mol. The van der Waals surface area contributed by atoms with Crippen molar-refractivity contribution in [1.29, 1.82) is 0 Å². The van der Waals surface area contributed by atoms with Gasteiger partial charge in [0.1, 0.15) is 6.33 Å². The van der Waals surface area contributed by atoms with E-state index in [1.165, 1.54) is 0 Å². The highest BCUT2D eigenvalue weighted by atomic mass is 32.2. The molecule has 0 aliphatic heterocycles. The molecule has 0 amide bonds. The molecule has 19 heavy (non-hydrogen) atoms. The number of aromatic nitrogens is 3. The molecule has 2 aromatic rings. The Morgan fingerprint density at radius 2 is 2.11 bits per heavy atom. The van der Waals surface area contributed by atoms with E-state index < -0.39 is 0 Å². The first kappa shape index (κ1) is 13.7. The van der Waals surface area contributed by atoms with Crippen LogP contribution in [-0.2, 0) is 0 Å². The summed E-state index contributed by atoms with van der Waals surface area (Å²) in [6.07, 6.45) is 3.51. The third-order valence-electron chi connectivity index (χ3n) is 3.06. The Hall–Kier alpha value is -1.75. The average molecular weight is 274 g/mol. The van der Waals surface area contributed by atoms with Crippen molar-refractivity contribution in [2.45, 2.75) is 20.8 Å². The minimum atomic E-state index is 0.837. The lowest BCUT2D eigenvalue weighted by molar-refractivity contribution is 0.943. The van der Waals surface area contributed by atoms with Crippen LogP contribution in [0.1, 0.15) is 23.6 Å². The summed E-state index contributed by atoms with van der Waals surface area (Å²) in [4.78, 5) is 4.25. The van der Waals surface area contributed by atoms with Crippen LogP contribution in [0.3, 0.4) is 0 Å². The molecular formula is C14H18N4S. The molecule has 0 aromatic carbocycles. The average Bonchev–Trinajstić information content (AvgIpc) is 2.82. The first-order valence-electron chi connectivity index (χ1n) is 6.12. The minimum absolute atomic E-state index is 0.837. The van der Waals surface area contributed by atoms with Gasteiger partial charge < -0.3 is 5.32 Å². The highest BCUT2D eigenvalue weighted by Gasteiger charge is 2.11. The van der Waals surface area contributed by atoms with Crippen molar-refractivity contribution in [2.24, 2.45) is 0 Å². The predicted octanol–water partition coefficient (Wildman–Crippen LogP) is 3.13. The van der Waals surface area contributed by atoms with E-state index in [2.05, 4.69) is 42.4 Å². The number of nitrogens with zero attached hydrogens (tertiary/aromatic N) is 3. The van der Waals surface area contributed by atoms with E-state index in [9.17, 15) is 0 Å². The van der Waals surface area contributed by atoms with E-state index in [1.807, 2.05) is 13.1 Å². The molecule has 4 nitrogen and oxygen atoms in total. The summed E-state index contributed by atoms with van der Waals surface area (Å²) in [5.74, 6) is 0.985. The van der Waals surface area contributed by atoms with Crippen molar-refractivity contribution < 1.29 is 0 Å². The molecule has 0 radical (unpaired) electrons. The second-order valence-electron chi connectivity index (χ2n) is 4.28. The second-order valence-corrected chi connectivity index (χ2v) is 5.64. The van der Waals surface area contributed by atoms with Crippen molar-refractivity contribution in [3.05, 3.63) is 47.4 Å². The van der Waals surface area contributed by atoms with Crippen LogP contribution in [0.5, 0.6) is 0 Å². The number of nitrogens with one attached hydrogen (secondary N) is 1. The Morgan fingerprint density at radius 3 is 2.79 bits per heavy atom. The van der Waals surface area contributed by atoms with Gasteiger partial charge in [0.2, 0.25) is 0 Å². The zero-order chi connectivity index (χ0) is 14.0. The van der Waals surface area contributed by atoms with Crippen molar-refractivity contribution in [3.63, 3.8) is 0 Å². The molecule has 2 rings (SSSR count). The van der Waals surface area contributed by atoms with Gasteiger partial charge in [-0.05, 0) is 30.7 Å². The summed E-state index contributed by atoms with van der Waals surface area (Å²) in [6.45, 7) is 14.3. The Balaban J connectivity index is 2.36. The smallest absolute Gasteiger partial charge is 0.158 e. The molecular weight excluding hydrogens is 256 g/mol. The molecule has 1 N–H and O–H groups in total. The van der Waals surface area contributed by atoms with Gasteiger partial charge in [-0.2, -0.15) is 5.10 Å². The largest absolute Gasteiger partial charge is 0.351 e. The summed E-state index contributed by atoms with van der Waals surface area (Å²) in [6, 6.07) is 0. The molecule has 0 bridgehead atoms. The van der Waals surface area contributed by atoms with Crippen molar-refractivity contribution in [1.82, 2.24) is 19.9 Å². The summed E-state index contributed by atoms with van der Waals surface area (Å²) in [5.41, 5.74) is 5.03. The fourth-order valence-corrected chi connectivity index (χ4v) is 2.50. The first-order chi connectivity index (χ1) is 9.04. The Bertz CT molecular complexity index is 642. The zero-order valence-electron chi connectivity index (χ0n) is 11.5. The summed E-state index contributed by atoms with van der Waals surface area (Å²) in [7, 11) is 0. The van der Waals surface area contributed by atoms with Crippen LogP contribution in [0.4, 0.5) is 0 Å². The molecule has 0 fully saturated rings. The summed E-state index contributed by atoms with van der Waals surface area (Å²) >= 11 is 1.67. The maximum absolute atomic E-state index is 4.25. The fourth-order valence-electron chi connectivity index (χ4n) is 1.95. The van der Waals surface area contributed by atoms with Crippen LogP contribution in [0, 0.1) is 13.8 Å². The topological polar surface area (TPSA) is 42.2 Å². The quantitative estimate of drug-likeness (QED) is 0.909. The van der Waals surface area contributed by atoms with Gasteiger partial charge in [-0.25, -0.2) is 9.50 Å². The SMILES string of the molecule is C=C(NC(=C)c1cn2ncnc2c(C)c1C)SCC. The normalized spacial score (nSPS) is 10.7. The maximum atomic E-state index is 4.25. The van der Waals surface area contributed by atoms with Crippen molar-refractivity contribution >= 4 is 23.1 Å². The minimum Gasteiger partial charge on any atom is -0.351 e. The lowest BCUT2D eigenvalue weighted by atomic mass is 10.0. The number of rotatable bonds is 5. The highest BCUT2D eigenvalue weighted by molar-refractivity contribution is 8.02. The second kappa shape index (κ2) is 5.48. The number of hydrogen-bond donors (Lipinski definition) is 1. The van der Waals surface area contributed by atoms with Gasteiger partial charge in [0.05, 0.1) is 5.03 Å². The number of fused-ring (bicyclic) bond motifs is 1. The molecule has 0 aliphatic rings. The van der Waals surface area contributed by atoms with E-state index in [0.29, 0.717) is 0 Å². The Labute approximate surface area is 117 Å². The molecule has 0 saturated carbocycles. The van der Waals surface area contributed by atoms with Crippen LogP contribution in [-0.4, -0.2) is 20.4 Å². The van der Waals surface area contributed by atoms with Crippen LogP contribution >= 0.6 is 11.8 Å². The van der Waals surface area contributed by atoms with Gasteiger partial charge in [-0.1, -0.05) is 20.1 Å². The first-order valence-corrected chi connectivity index (χ1v) is 7.10. The standard InChI is InChI=1S/C14H18N4S/c1-6-19-12(5)17-11(4)13-7-18-14(15-8-16-18)10(3)9(13)2/h7-8,17H,4-6H2,1-3H3. The van der Waals surface area contributed by atoms with Crippen molar-refractivity contribution in [3.8, 4) is 0 Å². The fraction of sp³-hybridized carbons (Fsp3) is 0.286. The third-order valence-corrected chi connectivity index (χ3v) is 3.80. The molecule has 2 aromatic heterocycles. The van der Waals surface area contributed by atoms with Gasteiger partial charge in [0.15, 0.2) is 5.65 Å². The monoisotopic (exact) mass is 274 g/mol. The summed E-state index contributed by atoms with van der Waals surface area (Å²) in [5, 5.41) is 8.33. The van der Waals surface area contributed by atoms with E-state index in [4.69, 9.17) is 0 Å². The molecule has 0 saturated heterocycles. The van der Waals surface area contributed by atoms with E-state index >= 15 is 0 Å². The zero-order valence-corrected chi connectivity index (χ0v) is 12.3. The van der Waals surface area contributed by atoms with E-state index in [-0.39, 0.29) is 0 Å². The van der Waals surface area contributed by atoms with Gasteiger partial charge in [0, 0.05) is 17.5 Å². The Kier molecular flexibility index (Phi) is 3.95. The summed E-state index contributed by atoms with van der Waals surface area (Å²) < 4.78 is 1.78. The Morgan fingerprint density at radius 1 is 1.37 bits per heavy atom. The molecule has 0 aliphatic carbocycles. The molecule has 100 valence electrons. The number of aryl methyl sites for hydroxylation is 1. The lowest BCUT2D eigenvalue weighted by Crippen LogP contribution is -2.11.